The van der Waals surface area contributed by atoms with Crippen molar-refractivity contribution in [3.05, 3.63) is 28.2 Å². The zero-order chi connectivity index (χ0) is 19.4. The summed E-state index contributed by atoms with van der Waals surface area (Å²) in [5, 5.41) is 3.86. The molecule has 0 radical (unpaired) electrons. The fourth-order valence-electron chi connectivity index (χ4n) is 4.15. The van der Waals surface area contributed by atoms with Gasteiger partial charge < -0.3 is 15.1 Å². The van der Waals surface area contributed by atoms with Crippen LogP contribution in [0.4, 0.5) is 10.5 Å². The summed E-state index contributed by atoms with van der Waals surface area (Å²) < 4.78 is 0. The lowest BCUT2D eigenvalue weighted by Gasteiger charge is -2.42. The summed E-state index contributed by atoms with van der Waals surface area (Å²) in [4.78, 5) is 19.6. The van der Waals surface area contributed by atoms with E-state index in [0.717, 1.165) is 38.6 Å². The monoisotopic (exact) mass is 412 g/mol. The molecule has 0 saturated carbocycles. The number of anilines is 1. The van der Waals surface area contributed by atoms with Crippen molar-refractivity contribution in [1.82, 2.24) is 14.7 Å². The zero-order valence-corrected chi connectivity index (χ0v) is 17.8. The summed E-state index contributed by atoms with van der Waals surface area (Å²) in [6.45, 7) is 11.6. The highest BCUT2D eigenvalue weighted by Crippen LogP contribution is 2.25. The number of carbonyl (C=O) groups excluding carboxylic acids is 1. The molecule has 3 rings (SSSR count). The van der Waals surface area contributed by atoms with E-state index < -0.39 is 0 Å². The Labute approximate surface area is 172 Å². The summed E-state index contributed by atoms with van der Waals surface area (Å²) in [6, 6.07) is 5.45. The Kier molecular flexibility index (Phi) is 7.26. The molecule has 0 aromatic heterocycles. The summed E-state index contributed by atoms with van der Waals surface area (Å²) in [5.74, 6) is 0.748. The van der Waals surface area contributed by atoms with Gasteiger partial charge in [-0.3, -0.25) is 4.90 Å². The van der Waals surface area contributed by atoms with Crippen LogP contribution in [0.15, 0.2) is 18.2 Å². The Morgan fingerprint density at radius 2 is 2.00 bits per heavy atom. The largest absolute Gasteiger partial charge is 0.322 e. The third kappa shape index (κ3) is 5.50. The number of halogens is 2. The lowest BCUT2D eigenvalue weighted by Crippen LogP contribution is -2.56. The first-order valence-electron chi connectivity index (χ1n) is 9.93. The van der Waals surface area contributed by atoms with E-state index in [2.05, 4.69) is 29.0 Å². The normalized spacial score (nSPS) is 24.8. The van der Waals surface area contributed by atoms with E-state index in [1.165, 1.54) is 25.9 Å². The van der Waals surface area contributed by atoms with E-state index in [-0.39, 0.29) is 6.03 Å². The highest BCUT2D eigenvalue weighted by molar-refractivity contribution is 6.42. The molecule has 0 aliphatic carbocycles. The minimum atomic E-state index is -0.0743. The summed E-state index contributed by atoms with van der Waals surface area (Å²) in [5.41, 5.74) is 0.673. The number of nitrogens with one attached hydrogen (secondary N) is 1. The van der Waals surface area contributed by atoms with Crippen molar-refractivity contribution in [2.75, 3.05) is 51.1 Å². The number of benzene rings is 1. The van der Waals surface area contributed by atoms with Crippen molar-refractivity contribution < 1.29 is 4.79 Å². The average molecular weight is 413 g/mol. The summed E-state index contributed by atoms with van der Waals surface area (Å²) >= 11 is 12.0. The Morgan fingerprint density at radius 3 is 2.70 bits per heavy atom. The van der Waals surface area contributed by atoms with Crippen LogP contribution in [0.5, 0.6) is 0 Å². The van der Waals surface area contributed by atoms with Crippen molar-refractivity contribution in [3.8, 4) is 0 Å². The van der Waals surface area contributed by atoms with Gasteiger partial charge in [-0.25, -0.2) is 4.79 Å². The van der Waals surface area contributed by atoms with E-state index in [1.807, 2.05) is 4.90 Å². The predicted octanol–water partition coefficient (Wildman–Crippen LogP) is 4.26. The van der Waals surface area contributed by atoms with Crippen molar-refractivity contribution in [3.63, 3.8) is 0 Å². The molecule has 7 heteroatoms. The zero-order valence-electron chi connectivity index (χ0n) is 16.3. The van der Waals surface area contributed by atoms with E-state index >= 15 is 0 Å². The number of rotatable bonds is 4. The minimum absolute atomic E-state index is 0.0743. The van der Waals surface area contributed by atoms with Gasteiger partial charge in [-0.2, -0.15) is 0 Å². The second kappa shape index (κ2) is 9.46. The van der Waals surface area contributed by atoms with Gasteiger partial charge in [-0.15, -0.1) is 0 Å². The third-order valence-corrected chi connectivity index (χ3v) is 6.51. The van der Waals surface area contributed by atoms with E-state index in [9.17, 15) is 4.79 Å². The predicted molar refractivity (Wildman–Crippen MR) is 113 cm³/mol. The second-order valence-corrected chi connectivity index (χ2v) is 8.56. The molecule has 0 spiro atoms. The van der Waals surface area contributed by atoms with Crippen LogP contribution in [-0.4, -0.2) is 72.6 Å². The van der Waals surface area contributed by atoms with Crippen LogP contribution in [-0.2, 0) is 0 Å². The molecule has 5 nitrogen and oxygen atoms in total. The molecule has 2 atom stereocenters. The SMILES string of the molecule is CCN1CCCC(CN2CCN(C(=O)Nc3ccc(Cl)c(Cl)c3)C[C@H]2C)C1. The molecular formula is C20H30Cl2N4O. The molecule has 2 fully saturated rings. The van der Waals surface area contributed by atoms with E-state index in [1.54, 1.807) is 18.2 Å². The van der Waals surface area contributed by atoms with Crippen LogP contribution < -0.4 is 5.32 Å². The number of piperazine rings is 1. The van der Waals surface area contributed by atoms with Crippen molar-refractivity contribution in [1.29, 1.82) is 0 Å². The number of carbonyl (C=O) groups is 1. The maximum atomic E-state index is 12.6. The van der Waals surface area contributed by atoms with Gasteiger partial charge in [0.15, 0.2) is 0 Å². The van der Waals surface area contributed by atoms with Gasteiger partial charge in [0.2, 0.25) is 0 Å². The van der Waals surface area contributed by atoms with Crippen LogP contribution in [0, 0.1) is 5.92 Å². The summed E-state index contributed by atoms with van der Waals surface area (Å²) in [6.07, 6.45) is 2.63. The van der Waals surface area contributed by atoms with Gasteiger partial charge in [-0.1, -0.05) is 30.1 Å². The van der Waals surface area contributed by atoms with Crippen molar-refractivity contribution >= 4 is 34.9 Å². The molecule has 1 aromatic carbocycles. The topological polar surface area (TPSA) is 38.8 Å². The molecule has 27 heavy (non-hydrogen) atoms. The van der Waals surface area contributed by atoms with Crippen molar-refractivity contribution in [2.45, 2.75) is 32.7 Å². The van der Waals surface area contributed by atoms with Gasteiger partial charge in [0, 0.05) is 44.5 Å². The van der Waals surface area contributed by atoms with E-state index in [0.29, 0.717) is 21.8 Å². The average Bonchev–Trinajstić information content (AvgIpc) is 2.66. The van der Waals surface area contributed by atoms with E-state index in [4.69, 9.17) is 23.2 Å². The Bertz CT molecular complexity index is 657. The Morgan fingerprint density at radius 1 is 1.19 bits per heavy atom. The van der Waals surface area contributed by atoms with Gasteiger partial charge in [-0.05, 0) is 57.0 Å². The Hall–Kier alpha value is -1.01. The molecule has 2 aliphatic rings. The van der Waals surface area contributed by atoms with Crippen LogP contribution in [0.2, 0.25) is 10.0 Å². The maximum absolute atomic E-state index is 12.6. The molecule has 2 heterocycles. The highest BCUT2D eigenvalue weighted by Gasteiger charge is 2.29. The molecule has 2 aliphatic heterocycles. The van der Waals surface area contributed by atoms with Crippen molar-refractivity contribution in [2.24, 2.45) is 5.92 Å². The molecule has 2 saturated heterocycles. The van der Waals surface area contributed by atoms with Crippen LogP contribution in [0.25, 0.3) is 0 Å². The van der Waals surface area contributed by atoms with Gasteiger partial charge in [0.05, 0.1) is 10.0 Å². The number of nitrogens with zero attached hydrogens (tertiary/aromatic N) is 3. The molecule has 150 valence electrons. The molecular weight excluding hydrogens is 383 g/mol. The van der Waals surface area contributed by atoms with Gasteiger partial charge >= 0.3 is 6.03 Å². The molecule has 2 amide bonds. The van der Waals surface area contributed by atoms with Gasteiger partial charge in [0.25, 0.3) is 0 Å². The van der Waals surface area contributed by atoms with Crippen LogP contribution in [0.1, 0.15) is 26.7 Å². The van der Waals surface area contributed by atoms with Crippen LogP contribution in [0.3, 0.4) is 0 Å². The standard InChI is InChI=1S/C20H30Cl2N4O/c1-3-24-8-4-5-16(13-24)14-25-9-10-26(12-15(25)2)20(27)23-17-6-7-18(21)19(22)11-17/h6-7,11,15-16H,3-5,8-10,12-14H2,1-2H3,(H,23,27)/t15-,16?/m1/s1. The first-order valence-corrected chi connectivity index (χ1v) is 10.7. The smallest absolute Gasteiger partial charge is 0.321 e. The van der Waals surface area contributed by atoms with Gasteiger partial charge in [0.1, 0.15) is 0 Å². The molecule has 1 N–H and O–H groups in total. The first kappa shape index (κ1) is 20.7. The fourth-order valence-corrected chi connectivity index (χ4v) is 4.44. The fraction of sp³-hybridized carbons (Fsp3) is 0.650. The minimum Gasteiger partial charge on any atom is -0.322 e. The number of piperidine rings is 1. The summed E-state index contributed by atoms with van der Waals surface area (Å²) in [7, 11) is 0. The highest BCUT2D eigenvalue weighted by atomic mass is 35.5. The number of likely N-dealkylation sites (tertiary alicyclic amines) is 1. The Balaban J connectivity index is 1.50. The number of hydrogen-bond acceptors (Lipinski definition) is 3. The van der Waals surface area contributed by atoms with Crippen LogP contribution >= 0.6 is 23.2 Å². The lowest BCUT2D eigenvalue weighted by molar-refractivity contribution is 0.0689. The molecule has 1 unspecified atom stereocenters. The quantitative estimate of drug-likeness (QED) is 0.802. The molecule has 0 bridgehead atoms. The lowest BCUT2D eigenvalue weighted by atomic mass is 9.96. The second-order valence-electron chi connectivity index (χ2n) is 7.75. The number of urea groups is 1. The third-order valence-electron chi connectivity index (χ3n) is 5.77. The number of hydrogen-bond donors (Lipinski definition) is 1. The molecule has 1 aromatic rings. The maximum Gasteiger partial charge on any atom is 0.321 e. The number of amides is 2. The first-order chi connectivity index (χ1) is 13.0.